The van der Waals surface area contributed by atoms with Gasteiger partial charge in [-0.1, -0.05) is 13.8 Å². The molecule has 0 bridgehead atoms. The first-order valence-corrected chi connectivity index (χ1v) is 4.94. The minimum absolute atomic E-state index is 0.666. The van der Waals surface area contributed by atoms with Crippen LogP contribution in [0.4, 0.5) is 0 Å². The van der Waals surface area contributed by atoms with Crippen molar-refractivity contribution >= 4 is 0 Å². The Bertz CT molecular complexity index is 240. The zero-order valence-corrected chi connectivity index (χ0v) is 8.53. The van der Waals surface area contributed by atoms with Crippen molar-refractivity contribution < 1.29 is 0 Å². The van der Waals surface area contributed by atoms with Crippen LogP contribution in [0.1, 0.15) is 26.1 Å². The van der Waals surface area contributed by atoms with Gasteiger partial charge in [0, 0.05) is 25.4 Å². The van der Waals surface area contributed by atoms with Crippen LogP contribution >= 0.6 is 0 Å². The van der Waals surface area contributed by atoms with Crippen molar-refractivity contribution in [2.75, 3.05) is 6.54 Å². The summed E-state index contributed by atoms with van der Waals surface area (Å²) in [4.78, 5) is 4.33. The Morgan fingerprint density at radius 1 is 1.54 bits per heavy atom. The molecule has 0 aromatic carbocycles. The molecule has 0 atom stereocenters. The zero-order chi connectivity index (χ0) is 9.68. The molecule has 0 aliphatic rings. The molecule has 0 aliphatic heterocycles. The molecule has 0 spiro atoms. The quantitative estimate of drug-likeness (QED) is 0.746. The number of hydrogen-bond acceptors (Lipinski definition) is 2. The summed E-state index contributed by atoms with van der Waals surface area (Å²) in [6.07, 6.45) is 5.99. The Morgan fingerprint density at radius 3 is 2.92 bits per heavy atom. The summed E-state index contributed by atoms with van der Waals surface area (Å²) >= 11 is 0. The van der Waals surface area contributed by atoms with Gasteiger partial charge in [-0.2, -0.15) is 0 Å². The van der Waals surface area contributed by atoms with Gasteiger partial charge in [0.2, 0.25) is 0 Å². The maximum Gasteiger partial charge on any atom is 0.108 e. The smallest absolute Gasteiger partial charge is 0.108 e. The van der Waals surface area contributed by atoms with Crippen LogP contribution < -0.4 is 5.73 Å². The van der Waals surface area contributed by atoms with Gasteiger partial charge in [0.05, 0.1) is 0 Å². The largest absolute Gasteiger partial charge is 0.335 e. The van der Waals surface area contributed by atoms with E-state index in [4.69, 9.17) is 5.73 Å². The van der Waals surface area contributed by atoms with Gasteiger partial charge >= 0.3 is 0 Å². The number of rotatable bonds is 5. The lowest BCUT2D eigenvalue weighted by atomic mass is 10.1. The van der Waals surface area contributed by atoms with E-state index in [9.17, 15) is 0 Å². The first kappa shape index (κ1) is 10.3. The Kier molecular flexibility index (Phi) is 3.96. The fraction of sp³-hybridized carbons (Fsp3) is 0.700. The van der Waals surface area contributed by atoms with Crippen LogP contribution in [0.15, 0.2) is 12.4 Å². The van der Waals surface area contributed by atoms with Crippen LogP contribution in [-0.2, 0) is 13.0 Å². The second-order valence-corrected chi connectivity index (χ2v) is 3.78. The highest BCUT2D eigenvalue weighted by atomic mass is 15.1. The molecule has 1 aromatic rings. The number of aryl methyl sites for hydroxylation is 1. The minimum atomic E-state index is 0.666. The van der Waals surface area contributed by atoms with E-state index in [0.29, 0.717) is 5.92 Å². The summed E-state index contributed by atoms with van der Waals surface area (Å²) < 4.78 is 2.20. The van der Waals surface area contributed by atoms with E-state index < -0.39 is 0 Å². The van der Waals surface area contributed by atoms with Gasteiger partial charge in [-0.15, -0.1) is 0 Å². The van der Waals surface area contributed by atoms with Crippen molar-refractivity contribution in [3.8, 4) is 0 Å². The average molecular weight is 181 g/mol. The first-order valence-electron chi connectivity index (χ1n) is 4.94. The van der Waals surface area contributed by atoms with Gasteiger partial charge in [0.1, 0.15) is 5.82 Å². The SMILES string of the molecule is CC(C)Cc1nccn1CCCN. The lowest BCUT2D eigenvalue weighted by molar-refractivity contribution is 0.560. The molecule has 13 heavy (non-hydrogen) atoms. The van der Waals surface area contributed by atoms with Gasteiger partial charge < -0.3 is 10.3 Å². The number of nitrogens with zero attached hydrogens (tertiary/aromatic N) is 2. The summed E-state index contributed by atoms with van der Waals surface area (Å²) in [5.74, 6) is 1.85. The number of nitrogens with two attached hydrogens (primary N) is 1. The van der Waals surface area contributed by atoms with Gasteiger partial charge in [0.15, 0.2) is 0 Å². The molecule has 2 N–H and O–H groups in total. The highest BCUT2D eigenvalue weighted by Gasteiger charge is 2.04. The first-order chi connectivity index (χ1) is 6.24. The monoisotopic (exact) mass is 181 g/mol. The lowest BCUT2D eigenvalue weighted by Crippen LogP contribution is -2.09. The van der Waals surface area contributed by atoms with Crippen molar-refractivity contribution in [1.29, 1.82) is 0 Å². The molecule has 74 valence electrons. The van der Waals surface area contributed by atoms with E-state index in [2.05, 4.69) is 23.4 Å². The Balaban J connectivity index is 2.55. The van der Waals surface area contributed by atoms with Crippen LogP contribution in [0.3, 0.4) is 0 Å². The maximum atomic E-state index is 5.46. The van der Waals surface area contributed by atoms with Gasteiger partial charge in [0.25, 0.3) is 0 Å². The fourth-order valence-electron chi connectivity index (χ4n) is 1.36. The molecule has 0 radical (unpaired) electrons. The van der Waals surface area contributed by atoms with Crippen molar-refractivity contribution in [3.05, 3.63) is 18.2 Å². The van der Waals surface area contributed by atoms with Crippen molar-refractivity contribution in [1.82, 2.24) is 9.55 Å². The third-order valence-electron chi connectivity index (χ3n) is 2.00. The molecule has 0 aliphatic carbocycles. The van der Waals surface area contributed by atoms with Gasteiger partial charge in [-0.25, -0.2) is 4.98 Å². The fourth-order valence-corrected chi connectivity index (χ4v) is 1.36. The third kappa shape index (κ3) is 3.19. The van der Waals surface area contributed by atoms with E-state index in [1.165, 1.54) is 5.82 Å². The lowest BCUT2D eigenvalue weighted by Gasteiger charge is -2.08. The number of hydrogen-bond donors (Lipinski definition) is 1. The normalized spacial score (nSPS) is 11.1. The molecule has 1 aromatic heterocycles. The van der Waals surface area contributed by atoms with Crippen molar-refractivity contribution in [2.45, 2.75) is 33.2 Å². The van der Waals surface area contributed by atoms with E-state index in [0.717, 1.165) is 25.9 Å². The van der Waals surface area contributed by atoms with Crippen LogP contribution in [0.25, 0.3) is 0 Å². The zero-order valence-electron chi connectivity index (χ0n) is 8.53. The molecule has 1 rings (SSSR count). The molecule has 3 nitrogen and oxygen atoms in total. The molecule has 0 unspecified atom stereocenters. The molecule has 0 saturated heterocycles. The molecule has 3 heteroatoms. The Hall–Kier alpha value is -0.830. The predicted molar refractivity (Wildman–Crippen MR) is 54.4 cm³/mol. The Morgan fingerprint density at radius 2 is 2.31 bits per heavy atom. The van der Waals surface area contributed by atoms with Gasteiger partial charge in [-0.05, 0) is 18.9 Å². The minimum Gasteiger partial charge on any atom is -0.335 e. The highest BCUT2D eigenvalue weighted by molar-refractivity contribution is 4.93. The number of imidazole rings is 1. The van der Waals surface area contributed by atoms with Crippen LogP contribution in [-0.4, -0.2) is 16.1 Å². The molecular weight excluding hydrogens is 162 g/mol. The summed E-state index contributed by atoms with van der Waals surface area (Å²) in [5, 5.41) is 0. The van der Waals surface area contributed by atoms with E-state index >= 15 is 0 Å². The van der Waals surface area contributed by atoms with Gasteiger partial charge in [-0.3, -0.25) is 0 Å². The summed E-state index contributed by atoms with van der Waals surface area (Å²) in [7, 11) is 0. The molecule has 0 saturated carbocycles. The van der Waals surface area contributed by atoms with Crippen LogP contribution in [0.5, 0.6) is 0 Å². The van der Waals surface area contributed by atoms with E-state index in [-0.39, 0.29) is 0 Å². The van der Waals surface area contributed by atoms with Crippen LogP contribution in [0.2, 0.25) is 0 Å². The summed E-state index contributed by atoms with van der Waals surface area (Å²) in [5.41, 5.74) is 5.46. The summed E-state index contributed by atoms with van der Waals surface area (Å²) in [6, 6.07) is 0. The standard InChI is InChI=1S/C10H19N3/c1-9(2)8-10-12-5-7-13(10)6-3-4-11/h5,7,9H,3-4,6,8,11H2,1-2H3. The van der Waals surface area contributed by atoms with E-state index in [1.54, 1.807) is 0 Å². The molecular formula is C10H19N3. The van der Waals surface area contributed by atoms with Crippen molar-refractivity contribution in [3.63, 3.8) is 0 Å². The van der Waals surface area contributed by atoms with E-state index in [1.807, 2.05) is 12.4 Å². The highest BCUT2D eigenvalue weighted by Crippen LogP contribution is 2.06. The predicted octanol–water partition coefficient (Wildman–Crippen LogP) is 1.43. The average Bonchev–Trinajstić information content (AvgIpc) is 2.48. The Labute approximate surface area is 80.0 Å². The molecule has 1 heterocycles. The third-order valence-corrected chi connectivity index (χ3v) is 2.00. The van der Waals surface area contributed by atoms with Crippen LogP contribution in [0, 0.1) is 5.92 Å². The molecule has 0 amide bonds. The molecule has 0 fully saturated rings. The summed E-state index contributed by atoms with van der Waals surface area (Å²) in [6.45, 7) is 6.17. The second kappa shape index (κ2) is 5.02. The number of aromatic nitrogens is 2. The topological polar surface area (TPSA) is 43.8 Å². The maximum absolute atomic E-state index is 5.46. The second-order valence-electron chi connectivity index (χ2n) is 3.78. The van der Waals surface area contributed by atoms with Crippen molar-refractivity contribution in [2.24, 2.45) is 11.7 Å².